The van der Waals surface area contributed by atoms with Crippen molar-refractivity contribution in [3.63, 3.8) is 0 Å². The highest BCUT2D eigenvalue weighted by molar-refractivity contribution is 5.98. The van der Waals surface area contributed by atoms with Crippen molar-refractivity contribution in [2.45, 2.75) is 25.3 Å². The first-order valence-corrected chi connectivity index (χ1v) is 7.27. The fourth-order valence-corrected chi connectivity index (χ4v) is 2.25. The smallest absolute Gasteiger partial charge is 0.321 e. The first kappa shape index (κ1) is 18.8. The first-order chi connectivity index (χ1) is 11.0. The van der Waals surface area contributed by atoms with Gasteiger partial charge in [0.15, 0.2) is 0 Å². The molecule has 0 aromatic rings. The fraction of sp³-hybridized carbons (Fsp3) is 0.692. The summed E-state index contributed by atoms with van der Waals surface area (Å²) in [6.07, 6.45) is 1.20. The van der Waals surface area contributed by atoms with Crippen molar-refractivity contribution in [1.82, 2.24) is 20.6 Å². The molecule has 1 fully saturated rings. The zero-order valence-electron chi connectivity index (χ0n) is 13.0. The molecule has 10 nitrogen and oxygen atoms in total. The van der Waals surface area contributed by atoms with Crippen molar-refractivity contribution < 1.29 is 29.1 Å². The lowest BCUT2D eigenvalue weighted by atomic mass is 10.2. The van der Waals surface area contributed by atoms with Gasteiger partial charge in [-0.3, -0.25) is 24.9 Å². The third-order valence-electron chi connectivity index (χ3n) is 3.38. The number of carbonyl (C=O) groups excluding carboxylic acids is 4. The average Bonchev–Trinajstić information content (AvgIpc) is 3.02. The van der Waals surface area contributed by atoms with Crippen LogP contribution in [0.5, 0.6) is 0 Å². The summed E-state index contributed by atoms with van der Waals surface area (Å²) in [5, 5.41) is 14.0. The van der Waals surface area contributed by atoms with E-state index in [1.54, 1.807) is 0 Å². The molecule has 0 unspecified atom stereocenters. The summed E-state index contributed by atoms with van der Waals surface area (Å²) < 4.78 is 4.77. The predicted octanol–water partition coefficient (Wildman–Crippen LogP) is -1.31. The van der Waals surface area contributed by atoms with Crippen LogP contribution in [0.25, 0.3) is 0 Å². The van der Waals surface area contributed by atoms with Crippen molar-refractivity contribution in [2.24, 2.45) is 0 Å². The van der Waals surface area contributed by atoms with Crippen LogP contribution in [0.1, 0.15) is 19.3 Å². The predicted molar refractivity (Wildman–Crippen MR) is 77.3 cm³/mol. The zero-order chi connectivity index (χ0) is 17.2. The fourth-order valence-electron chi connectivity index (χ4n) is 2.25. The number of nitrogens with zero attached hydrogens (tertiary/aromatic N) is 2. The van der Waals surface area contributed by atoms with Crippen molar-refractivity contribution >= 4 is 24.3 Å². The summed E-state index contributed by atoms with van der Waals surface area (Å²) in [6.45, 7) is 0.838. The highest BCUT2D eigenvalue weighted by Gasteiger charge is 2.34. The molecule has 3 N–H and O–H groups in total. The van der Waals surface area contributed by atoms with Gasteiger partial charge in [-0.2, -0.15) is 0 Å². The summed E-state index contributed by atoms with van der Waals surface area (Å²) in [5.41, 5.74) is 0. The van der Waals surface area contributed by atoms with Crippen LogP contribution in [-0.4, -0.2) is 78.8 Å². The Morgan fingerprint density at radius 2 is 2.17 bits per heavy atom. The maximum atomic E-state index is 12.1. The van der Waals surface area contributed by atoms with Crippen molar-refractivity contribution in [3.8, 4) is 0 Å². The van der Waals surface area contributed by atoms with E-state index in [9.17, 15) is 19.2 Å². The number of nitrogens with one attached hydrogen (secondary N) is 2. The molecule has 1 aliphatic heterocycles. The molecular weight excluding hydrogens is 308 g/mol. The molecule has 0 aliphatic carbocycles. The van der Waals surface area contributed by atoms with Crippen LogP contribution in [0, 0.1) is 0 Å². The van der Waals surface area contributed by atoms with Gasteiger partial charge in [0.25, 0.3) is 5.91 Å². The van der Waals surface area contributed by atoms with Gasteiger partial charge in [0.05, 0.1) is 13.2 Å². The van der Waals surface area contributed by atoms with E-state index in [0.717, 1.165) is 0 Å². The van der Waals surface area contributed by atoms with Gasteiger partial charge in [-0.15, -0.1) is 0 Å². The van der Waals surface area contributed by atoms with Gasteiger partial charge in [0, 0.05) is 26.6 Å². The molecule has 5 amide bonds. The number of ether oxygens (including phenoxy) is 1. The van der Waals surface area contributed by atoms with E-state index < -0.39 is 18.0 Å². The van der Waals surface area contributed by atoms with E-state index in [1.807, 2.05) is 0 Å². The summed E-state index contributed by atoms with van der Waals surface area (Å²) in [5.74, 6) is -0.912. The van der Waals surface area contributed by atoms with E-state index in [4.69, 9.17) is 9.94 Å². The quantitative estimate of drug-likeness (QED) is 0.219. The summed E-state index contributed by atoms with van der Waals surface area (Å²) >= 11 is 0. The van der Waals surface area contributed by atoms with Gasteiger partial charge in [0.1, 0.15) is 6.04 Å². The molecule has 1 rings (SSSR count). The van der Waals surface area contributed by atoms with Crippen LogP contribution >= 0.6 is 0 Å². The molecule has 0 aromatic carbocycles. The first-order valence-electron chi connectivity index (χ1n) is 7.27. The molecule has 0 saturated carbocycles. The van der Waals surface area contributed by atoms with Crippen molar-refractivity contribution in [1.29, 1.82) is 0 Å². The third-order valence-corrected chi connectivity index (χ3v) is 3.38. The van der Waals surface area contributed by atoms with Crippen LogP contribution in [0.2, 0.25) is 0 Å². The topological polar surface area (TPSA) is 128 Å². The second kappa shape index (κ2) is 9.74. The molecule has 1 aliphatic rings. The minimum Gasteiger partial charge on any atom is -0.383 e. The Balaban J connectivity index is 2.47. The third kappa shape index (κ3) is 6.20. The van der Waals surface area contributed by atoms with E-state index in [0.29, 0.717) is 31.1 Å². The minimum absolute atomic E-state index is 0.0982. The van der Waals surface area contributed by atoms with Crippen molar-refractivity contribution in [3.05, 3.63) is 0 Å². The van der Waals surface area contributed by atoms with Crippen LogP contribution in [0.3, 0.4) is 0 Å². The SMILES string of the molecule is COCCNC(=O)NC(=O)[C@@H]1CCCN1C(=O)CCN(O)C=O. The number of imide groups is 1. The lowest BCUT2D eigenvalue weighted by molar-refractivity contribution is -0.152. The van der Waals surface area contributed by atoms with Crippen molar-refractivity contribution in [2.75, 3.05) is 33.4 Å². The van der Waals surface area contributed by atoms with Crippen LogP contribution in [0.15, 0.2) is 0 Å². The molecule has 0 aromatic heterocycles. The number of hydroxylamine groups is 2. The number of carbonyl (C=O) groups is 4. The van der Waals surface area contributed by atoms with E-state index >= 15 is 0 Å². The second-order valence-electron chi connectivity index (χ2n) is 5.00. The number of hydrogen-bond donors (Lipinski definition) is 3. The lowest BCUT2D eigenvalue weighted by Crippen LogP contribution is -2.50. The van der Waals surface area contributed by atoms with Gasteiger partial charge in [-0.1, -0.05) is 0 Å². The Morgan fingerprint density at radius 3 is 2.83 bits per heavy atom. The molecular formula is C13H22N4O6. The molecule has 1 saturated heterocycles. The molecule has 1 heterocycles. The van der Waals surface area contributed by atoms with E-state index in [1.165, 1.54) is 12.0 Å². The largest absolute Gasteiger partial charge is 0.383 e. The van der Waals surface area contributed by atoms with E-state index in [2.05, 4.69) is 10.6 Å². The Labute approximate surface area is 133 Å². The monoisotopic (exact) mass is 330 g/mol. The Bertz CT molecular complexity index is 444. The van der Waals surface area contributed by atoms with E-state index in [-0.39, 0.29) is 31.8 Å². The Hall–Kier alpha value is -2.20. The highest BCUT2D eigenvalue weighted by atomic mass is 16.5. The maximum Gasteiger partial charge on any atom is 0.321 e. The van der Waals surface area contributed by atoms with Crippen LogP contribution < -0.4 is 10.6 Å². The van der Waals surface area contributed by atoms with Crippen LogP contribution in [-0.2, 0) is 19.1 Å². The number of hydrogen-bond acceptors (Lipinski definition) is 6. The van der Waals surface area contributed by atoms with Gasteiger partial charge in [-0.25, -0.2) is 9.86 Å². The van der Waals surface area contributed by atoms with Gasteiger partial charge in [-0.05, 0) is 12.8 Å². The Morgan fingerprint density at radius 1 is 1.43 bits per heavy atom. The standard InChI is InChI=1S/C13H22N4O6/c1-23-8-5-14-13(21)15-12(20)10-3-2-6-17(10)11(19)4-7-16(22)9-18/h9-10,22H,2-8H2,1H3,(H2,14,15,20,21)/t10-/m0/s1. The van der Waals surface area contributed by atoms with Crippen LogP contribution in [0.4, 0.5) is 4.79 Å². The summed E-state index contributed by atoms with van der Waals surface area (Å²) in [6, 6.07) is -1.37. The minimum atomic E-state index is -0.723. The molecule has 0 radical (unpaired) electrons. The van der Waals surface area contributed by atoms with Gasteiger partial charge < -0.3 is 15.0 Å². The molecule has 23 heavy (non-hydrogen) atoms. The molecule has 0 bridgehead atoms. The number of likely N-dealkylation sites (tertiary alicyclic amines) is 1. The molecule has 10 heteroatoms. The summed E-state index contributed by atoms with van der Waals surface area (Å²) in [4.78, 5) is 47.3. The lowest BCUT2D eigenvalue weighted by Gasteiger charge is -2.24. The second-order valence-corrected chi connectivity index (χ2v) is 5.00. The zero-order valence-corrected chi connectivity index (χ0v) is 13.0. The number of methoxy groups -OCH3 is 1. The average molecular weight is 330 g/mol. The normalized spacial score (nSPS) is 16.8. The Kier molecular flexibility index (Phi) is 7.98. The molecule has 0 spiro atoms. The molecule has 130 valence electrons. The van der Waals surface area contributed by atoms with Gasteiger partial charge in [0.2, 0.25) is 12.3 Å². The highest BCUT2D eigenvalue weighted by Crippen LogP contribution is 2.18. The number of urea groups is 1. The van der Waals surface area contributed by atoms with Gasteiger partial charge >= 0.3 is 6.03 Å². The summed E-state index contributed by atoms with van der Waals surface area (Å²) in [7, 11) is 1.49. The molecule has 1 atom stereocenters. The number of amides is 5. The maximum absolute atomic E-state index is 12.1. The number of rotatable bonds is 8.